The smallest absolute Gasteiger partial charge is 0.119 e. The van der Waals surface area contributed by atoms with Gasteiger partial charge in [-0.3, -0.25) is 4.72 Å². The highest BCUT2D eigenvalue weighted by atomic mass is 32.2. The van der Waals surface area contributed by atoms with Crippen LogP contribution < -0.4 is 4.72 Å². The van der Waals surface area contributed by atoms with E-state index in [1.54, 1.807) is 11.9 Å². The van der Waals surface area contributed by atoms with Gasteiger partial charge >= 0.3 is 0 Å². The fraction of sp³-hybridized carbons (Fsp3) is 0.421. The zero-order valence-electron chi connectivity index (χ0n) is 15.0. The van der Waals surface area contributed by atoms with Crippen molar-refractivity contribution in [3.05, 3.63) is 54.9 Å². The molecule has 4 rings (SSSR count). The molecule has 1 saturated carbocycles. The molecule has 0 bridgehead atoms. The first-order valence-corrected chi connectivity index (χ1v) is 10.0. The topological polar surface area (TPSA) is 60.6 Å². The molecule has 1 fully saturated rings. The van der Waals surface area contributed by atoms with Gasteiger partial charge in [-0.25, -0.2) is 4.68 Å². The Morgan fingerprint density at radius 3 is 2.88 bits per heavy atom. The van der Waals surface area contributed by atoms with Gasteiger partial charge in [0.15, 0.2) is 0 Å². The molecule has 2 unspecified atom stereocenters. The molecule has 2 heterocycles. The van der Waals surface area contributed by atoms with E-state index in [-0.39, 0.29) is 0 Å². The Balaban J connectivity index is 1.41. The lowest BCUT2D eigenvalue weighted by molar-refractivity contribution is 0.309. The summed E-state index contributed by atoms with van der Waals surface area (Å²) in [6, 6.07) is 9.54. The van der Waals surface area contributed by atoms with Gasteiger partial charge in [0.05, 0.1) is 5.69 Å². The zero-order valence-corrected chi connectivity index (χ0v) is 15.8. The average molecular weight is 369 g/mol. The number of nitrogens with zero attached hydrogens (tertiary/aromatic N) is 5. The molecule has 136 valence electrons. The largest absolute Gasteiger partial charge is 0.317 e. The average Bonchev–Trinajstić information content (AvgIpc) is 3.40. The predicted octanol–water partition coefficient (Wildman–Crippen LogP) is 3.81. The molecule has 0 radical (unpaired) electrons. The molecule has 0 aliphatic heterocycles. The fourth-order valence-corrected chi connectivity index (χ4v) is 4.57. The second kappa shape index (κ2) is 8.05. The third-order valence-electron chi connectivity index (χ3n) is 5.03. The van der Waals surface area contributed by atoms with Crippen molar-refractivity contribution in [2.75, 3.05) is 0 Å². The maximum Gasteiger partial charge on any atom is 0.119 e. The van der Waals surface area contributed by atoms with Gasteiger partial charge in [-0.1, -0.05) is 6.92 Å². The van der Waals surface area contributed by atoms with E-state index >= 15 is 0 Å². The van der Waals surface area contributed by atoms with Crippen molar-refractivity contribution in [3.8, 4) is 5.69 Å². The number of aryl methyl sites for hydroxylation is 1. The van der Waals surface area contributed by atoms with Crippen LogP contribution in [0.15, 0.2) is 54.2 Å². The summed E-state index contributed by atoms with van der Waals surface area (Å²) < 4.78 is 7.76. The lowest BCUT2D eigenvalue weighted by atomic mass is 9.91. The summed E-state index contributed by atoms with van der Waals surface area (Å²) in [4.78, 5) is 1.30. The third-order valence-corrected chi connectivity index (χ3v) is 6.10. The summed E-state index contributed by atoms with van der Waals surface area (Å²) in [6.07, 6.45) is 13.3. The van der Waals surface area contributed by atoms with Gasteiger partial charge in [0.1, 0.15) is 12.7 Å². The van der Waals surface area contributed by atoms with Gasteiger partial charge in [-0.15, -0.1) is 10.2 Å². The maximum atomic E-state index is 4.33. The molecule has 1 aliphatic carbocycles. The Morgan fingerprint density at radius 2 is 2.12 bits per heavy atom. The predicted molar refractivity (Wildman–Crippen MR) is 103 cm³/mol. The van der Waals surface area contributed by atoms with E-state index in [1.165, 1.54) is 29.7 Å². The number of nitrogens with one attached hydrogen (secondary N) is 1. The first kappa shape index (κ1) is 17.3. The molecule has 26 heavy (non-hydrogen) atoms. The van der Waals surface area contributed by atoms with Crippen LogP contribution >= 0.6 is 11.9 Å². The second-order valence-electron chi connectivity index (χ2n) is 6.74. The van der Waals surface area contributed by atoms with Crippen LogP contribution in [0.1, 0.15) is 44.2 Å². The maximum absolute atomic E-state index is 4.33. The molecule has 6 nitrogen and oxygen atoms in total. The molecule has 3 aromatic rings. The molecule has 1 aliphatic rings. The summed E-state index contributed by atoms with van der Waals surface area (Å²) in [5, 5.41) is 12.2. The minimum Gasteiger partial charge on any atom is -0.317 e. The van der Waals surface area contributed by atoms with Crippen molar-refractivity contribution in [2.45, 2.75) is 56.0 Å². The summed E-state index contributed by atoms with van der Waals surface area (Å²) in [7, 11) is 0. The van der Waals surface area contributed by atoms with E-state index in [2.05, 4.69) is 49.7 Å². The normalized spacial score (nSPS) is 20.3. The van der Waals surface area contributed by atoms with E-state index in [4.69, 9.17) is 0 Å². The van der Waals surface area contributed by atoms with Crippen LogP contribution in [0.4, 0.5) is 0 Å². The van der Waals surface area contributed by atoms with Crippen molar-refractivity contribution in [1.82, 2.24) is 29.3 Å². The molecule has 2 aromatic heterocycles. The van der Waals surface area contributed by atoms with Crippen LogP contribution in [0, 0.1) is 0 Å². The Morgan fingerprint density at radius 1 is 1.23 bits per heavy atom. The van der Waals surface area contributed by atoms with E-state index in [0.717, 1.165) is 18.5 Å². The van der Waals surface area contributed by atoms with E-state index in [9.17, 15) is 0 Å². The third kappa shape index (κ3) is 3.83. The first-order chi connectivity index (χ1) is 12.8. The van der Waals surface area contributed by atoms with Crippen LogP contribution in [0.3, 0.4) is 0 Å². The quantitative estimate of drug-likeness (QED) is 0.671. The standard InChI is InChI=1S/C19H24N6S/c1-2-15-11-18(25-10-4-9-22-25)7-8-19(15)26-23-16-5-3-6-17(12-16)24-13-20-21-14-24/h4,7-11,13-14,16-17,23H,2-3,5-6,12H2,1H3. The number of rotatable bonds is 6. The molecule has 0 amide bonds. The van der Waals surface area contributed by atoms with Gasteiger partial charge in [0.2, 0.25) is 0 Å². The highest BCUT2D eigenvalue weighted by Gasteiger charge is 2.23. The molecule has 7 heteroatoms. The van der Waals surface area contributed by atoms with Crippen molar-refractivity contribution in [3.63, 3.8) is 0 Å². The van der Waals surface area contributed by atoms with Gasteiger partial charge in [-0.05, 0) is 73.9 Å². The van der Waals surface area contributed by atoms with E-state index < -0.39 is 0 Å². The van der Waals surface area contributed by atoms with Gasteiger partial charge in [-0.2, -0.15) is 5.10 Å². The summed E-state index contributed by atoms with van der Waals surface area (Å²) in [6.45, 7) is 2.20. The van der Waals surface area contributed by atoms with Crippen LogP contribution in [-0.4, -0.2) is 30.6 Å². The highest BCUT2D eigenvalue weighted by molar-refractivity contribution is 7.97. The van der Waals surface area contributed by atoms with Crippen LogP contribution in [-0.2, 0) is 6.42 Å². The molecular formula is C19H24N6S. The molecular weight excluding hydrogens is 344 g/mol. The zero-order chi connectivity index (χ0) is 17.8. The fourth-order valence-electron chi connectivity index (χ4n) is 3.59. The number of hydrogen-bond donors (Lipinski definition) is 1. The molecule has 1 N–H and O–H groups in total. The molecule has 0 spiro atoms. The SMILES string of the molecule is CCc1cc(-n2cccn2)ccc1SNC1CCCC(n2cnnc2)C1. The monoisotopic (exact) mass is 368 g/mol. The molecule has 2 atom stereocenters. The van der Waals surface area contributed by atoms with Crippen molar-refractivity contribution in [1.29, 1.82) is 0 Å². The number of benzene rings is 1. The molecule has 1 aromatic carbocycles. The lowest BCUT2D eigenvalue weighted by Gasteiger charge is -2.30. The van der Waals surface area contributed by atoms with E-state index in [0.29, 0.717) is 12.1 Å². The van der Waals surface area contributed by atoms with Crippen LogP contribution in [0.5, 0.6) is 0 Å². The number of aromatic nitrogens is 5. The number of hydrogen-bond acceptors (Lipinski definition) is 5. The minimum absolute atomic E-state index is 0.504. The van der Waals surface area contributed by atoms with E-state index in [1.807, 2.05) is 35.8 Å². The van der Waals surface area contributed by atoms with Crippen molar-refractivity contribution in [2.24, 2.45) is 0 Å². The lowest BCUT2D eigenvalue weighted by Crippen LogP contribution is -2.30. The summed E-state index contributed by atoms with van der Waals surface area (Å²) >= 11 is 1.76. The van der Waals surface area contributed by atoms with Crippen LogP contribution in [0.2, 0.25) is 0 Å². The van der Waals surface area contributed by atoms with Gasteiger partial charge in [0.25, 0.3) is 0 Å². The minimum atomic E-state index is 0.504. The van der Waals surface area contributed by atoms with Gasteiger partial charge in [0, 0.05) is 29.4 Å². The molecule has 0 saturated heterocycles. The second-order valence-corrected chi connectivity index (χ2v) is 7.62. The highest BCUT2D eigenvalue weighted by Crippen LogP contribution is 2.31. The van der Waals surface area contributed by atoms with Crippen molar-refractivity contribution >= 4 is 11.9 Å². The van der Waals surface area contributed by atoms with Crippen molar-refractivity contribution < 1.29 is 0 Å². The Bertz CT molecular complexity index is 815. The van der Waals surface area contributed by atoms with Crippen LogP contribution in [0.25, 0.3) is 5.69 Å². The Hall–Kier alpha value is -2.12. The first-order valence-electron chi connectivity index (χ1n) is 9.23. The Kier molecular flexibility index (Phi) is 5.36. The van der Waals surface area contributed by atoms with Gasteiger partial charge < -0.3 is 4.57 Å². The Labute approximate surface area is 158 Å². The summed E-state index contributed by atoms with van der Waals surface area (Å²) in [5.41, 5.74) is 2.46. The summed E-state index contributed by atoms with van der Waals surface area (Å²) in [5.74, 6) is 0.